The van der Waals surface area contributed by atoms with Gasteiger partial charge in [0.25, 0.3) is 0 Å². The molecule has 5 heteroatoms. The minimum atomic E-state index is -0.280. The van der Waals surface area contributed by atoms with Gasteiger partial charge in [0, 0.05) is 13.1 Å². The van der Waals surface area contributed by atoms with Crippen LogP contribution in [-0.4, -0.2) is 50.1 Å². The predicted molar refractivity (Wildman–Crippen MR) is 71.2 cm³/mol. The topological polar surface area (TPSA) is 58.6 Å². The van der Waals surface area contributed by atoms with Crippen molar-refractivity contribution in [3.63, 3.8) is 0 Å². The van der Waals surface area contributed by atoms with E-state index in [0.717, 1.165) is 13.0 Å². The molecule has 0 aromatic heterocycles. The summed E-state index contributed by atoms with van der Waals surface area (Å²) in [4.78, 5) is 24.8. The standard InChI is InChI=1S/C13H26N2O3/c1-5-7-14-9-12(16)15(10-11(2)3)8-6-13(17)18-4/h11,14H,5-10H2,1-4H3. The number of esters is 1. The summed E-state index contributed by atoms with van der Waals surface area (Å²) >= 11 is 0. The minimum absolute atomic E-state index is 0.0426. The number of carbonyl (C=O) groups is 2. The molecular weight excluding hydrogens is 232 g/mol. The van der Waals surface area contributed by atoms with Gasteiger partial charge >= 0.3 is 5.97 Å². The van der Waals surface area contributed by atoms with Crippen molar-refractivity contribution >= 4 is 11.9 Å². The van der Waals surface area contributed by atoms with Crippen molar-refractivity contribution < 1.29 is 14.3 Å². The summed E-state index contributed by atoms with van der Waals surface area (Å²) in [6.07, 6.45) is 1.25. The molecule has 18 heavy (non-hydrogen) atoms. The van der Waals surface area contributed by atoms with Crippen LogP contribution in [0.15, 0.2) is 0 Å². The second kappa shape index (κ2) is 9.88. The first-order chi connectivity index (χ1) is 8.51. The van der Waals surface area contributed by atoms with Crippen LogP contribution >= 0.6 is 0 Å². The minimum Gasteiger partial charge on any atom is -0.469 e. The number of amides is 1. The van der Waals surface area contributed by atoms with Gasteiger partial charge in [0.1, 0.15) is 0 Å². The molecule has 0 saturated heterocycles. The molecule has 0 unspecified atom stereocenters. The van der Waals surface area contributed by atoms with E-state index in [9.17, 15) is 9.59 Å². The van der Waals surface area contributed by atoms with Crippen molar-refractivity contribution in [1.29, 1.82) is 0 Å². The summed E-state index contributed by atoms with van der Waals surface area (Å²) in [5, 5.41) is 3.08. The van der Waals surface area contributed by atoms with Crippen LogP contribution in [0.5, 0.6) is 0 Å². The van der Waals surface area contributed by atoms with Crippen LogP contribution in [0.1, 0.15) is 33.6 Å². The number of nitrogens with zero attached hydrogens (tertiary/aromatic N) is 1. The molecule has 0 fully saturated rings. The Morgan fingerprint density at radius 2 is 2.00 bits per heavy atom. The average molecular weight is 258 g/mol. The predicted octanol–water partition coefficient (Wildman–Crippen LogP) is 1.03. The summed E-state index contributed by atoms with van der Waals surface area (Å²) in [5.74, 6) is 0.150. The molecular formula is C13H26N2O3. The zero-order valence-corrected chi connectivity index (χ0v) is 12.0. The van der Waals surface area contributed by atoms with E-state index in [0.29, 0.717) is 25.6 Å². The molecule has 1 N–H and O–H groups in total. The molecule has 0 aromatic rings. The van der Waals surface area contributed by atoms with Crippen LogP contribution in [0.4, 0.5) is 0 Å². The first kappa shape index (κ1) is 16.9. The maximum Gasteiger partial charge on any atom is 0.307 e. The van der Waals surface area contributed by atoms with Gasteiger partial charge in [-0.2, -0.15) is 0 Å². The quantitative estimate of drug-likeness (QED) is 0.496. The normalized spacial score (nSPS) is 10.5. The van der Waals surface area contributed by atoms with Gasteiger partial charge in [-0.15, -0.1) is 0 Å². The smallest absolute Gasteiger partial charge is 0.307 e. The first-order valence-corrected chi connectivity index (χ1v) is 6.56. The van der Waals surface area contributed by atoms with Crippen LogP contribution in [0, 0.1) is 5.92 Å². The number of hydrogen-bond donors (Lipinski definition) is 1. The third kappa shape index (κ3) is 8.06. The highest BCUT2D eigenvalue weighted by molar-refractivity contribution is 5.79. The monoisotopic (exact) mass is 258 g/mol. The van der Waals surface area contributed by atoms with Gasteiger partial charge in [-0.05, 0) is 18.9 Å². The second-order valence-corrected chi connectivity index (χ2v) is 4.74. The summed E-state index contributed by atoms with van der Waals surface area (Å²) in [6.45, 7) is 8.43. The molecule has 0 aliphatic heterocycles. The van der Waals surface area contributed by atoms with E-state index in [4.69, 9.17) is 0 Å². The molecule has 0 spiro atoms. The van der Waals surface area contributed by atoms with Gasteiger partial charge in [0.05, 0.1) is 20.1 Å². The SMILES string of the molecule is CCCNCC(=O)N(CCC(=O)OC)CC(C)C. The van der Waals surface area contributed by atoms with Gasteiger partial charge in [-0.3, -0.25) is 9.59 Å². The Morgan fingerprint density at radius 3 is 2.50 bits per heavy atom. The summed E-state index contributed by atoms with van der Waals surface area (Å²) in [6, 6.07) is 0. The molecule has 106 valence electrons. The van der Waals surface area contributed by atoms with Crippen molar-refractivity contribution in [3.8, 4) is 0 Å². The van der Waals surface area contributed by atoms with E-state index in [1.54, 1.807) is 4.90 Å². The van der Waals surface area contributed by atoms with Crippen LogP contribution in [0.2, 0.25) is 0 Å². The summed E-state index contributed by atoms with van der Waals surface area (Å²) in [7, 11) is 1.36. The fraction of sp³-hybridized carbons (Fsp3) is 0.846. The van der Waals surface area contributed by atoms with Crippen molar-refractivity contribution in [2.45, 2.75) is 33.6 Å². The molecule has 0 aromatic carbocycles. The maximum atomic E-state index is 12.0. The fourth-order valence-electron chi connectivity index (χ4n) is 1.57. The van der Waals surface area contributed by atoms with Crippen molar-refractivity contribution in [1.82, 2.24) is 10.2 Å². The molecule has 0 aliphatic carbocycles. The Kier molecular flexibility index (Phi) is 9.28. The number of carbonyl (C=O) groups excluding carboxylic acids is 2. The van der Waals surface area contributed by atoms with Crippen LogP contribution in [-0.2, 0) is 14.3 Å². The molecule has 0 aliphatic rings. The average Bonchev–Trinajstić information content (AvgIpc) is 2.33. The summed E-state index contributed by atoms with van der Waals surface area (Å²) in [5.41, 5.74) is 0. The number of ether oxygens (including phenoxy) is 1. The third-order valence-corrected chi connectivity index (χ3v) is 2.45. The third-order valence-electron chi connectivity index (χ3n) is 2.45. The Hall–Kier alpha value is -1.10. The Balaban J connectivity index is 4.19. The number of methoxy groups -OCH3 is 1. The van der Waals surface area contributed by atoms with Crippen LogP contribution in [0.3, 0.4) is 0 Å². The number of rotatable bonds is 9. The van der Waals surface area contributed by atoms with E-state index < -0.39 is 0 Å². The largest absolute Gasteiger partial charge is 0.469 e. The van der Waals surface area contributed by atoms with Crippen LogP contribution in [0.25, 0.3) is 0 Å². The highest BCUT2D eigenvalue weighted by atomic mass is 16.5. The van der Waals surface area contributed by atoms with E-state index >= 15 is 0 Å². The zero-order valence-electron chi connectivity index (χ0n) is 12.0. The van der Waals surface area contributed by atoms with E-state index in [1.165, 1.54) is 7.11 Å². The lowest BCUT2D eigenvalue weighted by Gasteiger charge is -2.24. The Morgan fingerprint density at radius 1 is 1.33 bits per heavy atom. The van der Waals surface area contributed by atoms with E-state index in [1.807, 2.05) is 0 Å². The summed E-state index contributed by atoms with van der Waals surface area (Å²) < 4.78 is 4.59. The fourth-order valence-corrected chi connectivity index (χ4v) is 1.57. The Bertz CT molecular complexity index is 255. The molecule has 0 bridgehead atoms. The van der Waals surface area contributed by atoms with Gasteiger partial charge in [-0.1, -0.05) is 20.8 Å². The van der Waals surface area contributed by atoms with E-state index in [2.05, 4.69) is 30.8 Å². The lowest BCUT2D eigenvalue weighted by molar-refractivity contribution is -0.141. The number of hydrogen-bond acceptors (Lipinski definition) is 4. The van der Waals surface area contributed by atoms with Crippen LogP contribution < -0.4 is 5.32 Å². The van der Waals surface area contributed by atoms with Gasteiger partial charge in [-0.25, -0.2) is 0 Å². The molecule has 0 saturated carbocycles. The highest BCUT2D eigenvalue weighted by Gasteiger charge is 2.15. The first-order valence-electron chi connectivity index (χ1n) is 6.56. The maximum absolute atomic E-state index is 12.0. The lowest BCUT2D eigenvalue weighted by atomic mass is 10.2. The van der Waals surface area contributed by atoms with Gasteiger partial charge in [0.2, 0.25) is 5.91 Å². The van der Waals surface area contributed by atoms with Gasteiger partial charge < -0.3 is 15.0 Å². The molecule has 5 nitrogen and oxygen atoms in total. The van der Waals surface area contributed by atoms with Crippen molar-refractivity contribution in [3.05, 3.63) is 0 Å². The number of nitrogens with one attached hydrogen (secondary N) is 1. The highest BCUT2D eigenvalue weighted by Crippen LogP contribution is 2.01. The molecule has 0 atom stereocenters. The molecule has 0 rings (SSSR count). The molecule has 0 radical (unpaired) electrons. The van der Waals surface area contributed by atoms with Crippen molar-refractivity contribution in [2.75, 3.05) is 33.3 Å². The Labute approximate surface area is 110 Å². The molecule has 1 amide bonds. The lowest BCUT2D eigenvalue weighted by Crippen LogP contribution is -2.41. The van der Waals surface area contributed by atoms with E-state index in [-0.39, 0.29) is 18.3 Å². The zero-order chi connectivity index (χ0) is 14.0. The van der Waals surface area contributed by atoms with Crippen molar-refractivity contribution in [2.24, 2.45) is 5.92 Å². The van der Waals surface area contributed by atoms with Gasteiger partial charge in [0.15, 0.2) is 0 Å². The second-order valence-electron chi connectivity index (χ2n) is 4.74. The molecule has 0 heterocycles.